The second-order valence-electron chi connectivity index (χ2n) is 14.5. The van der Waals surface area contributed by atoms with Gasteiger partial charge in [0.15, 0.2) is 0 Å². The van der Waals surface area contributed by atoms with Gasteiger partial charge in [-0.05, 0) is 38.5 Å². The summed E-state index contributed by atoms with van der Waals surface area (Å²) in [5.41, 5.74) is 0. The van der Waals surface area contributed by atoms with Crippen molar-refractivity contribution in [2.24, 2.45) is 0 Å². The fourth-order valence-electron chi connectivity index (χ4n) is 6.75. The fraction of sp³-hybridized carbons (Fsp3) is 0.974. The molecule has 1 rings (SSSR count). The zero-order valence-electron chi connectivity index (χ0n) is 31.3. The van der Waals surface area contributed by atoms with Crippen LogP contribution in [-0.2, 0) is 14.3 Å². The highest BCUT2D eigenvalue weighted by atomic mass is 16.5. The van der Waals surface area contributed by atoms with E-state index in [-0.39, 0.29) is 18.7 Å². The number of amides is 1. The molecule has 8 atom stereocenters. The second kappa shape index (κ2) is 30.7. The number of unbranched alkanes of at least 4 members (excludes halogenated alkanes) is 18. The van der Waals surface area contributed by atoms with Crippen LogP contribution >= 0.6 is 0 Å². The summed E-state index contributed by atoms with van der Waals surface area (Å²) in [7, 11) is 0. The van der Waals surface area contributed by atoms with E-state index >= 15 is 0 Å². The molecule has 10 nitrogen and oxygen atoms in total. The molecule has 0 aromatic heterocycles. The molecule has 7 N–H and O–H groups in total. The van der Waals surface area contributed by atoms with Crippen molar-refractivity contribution < 1.29 is 44.9 Å². The summed E-state index contributed by atoms with van der Waals surface area (Å²) in [6.07, 6.45) is 16.6. The molecule has 0 spiro atoms. The van der Waals surface area contributed by atoms with Crippen LogP contribution in [0.2, 0.25) is 0 Å². The molecule has 1 aliphatic rings. The highest BCUT2D eigenvalue weighted by Gasteiger charge is 2.43. The van der Waals surface area contributed by atoms with Crippen LogP contribution in [0.1, 0.15) is 174 Å². The van der Waals surface area contributed by atoms with Gasteiger partial charge in [-0.2, -0.15) is 0 Å². The van der Waals surface area contributed by atoms with Gasteiger partial charge in [0.1, 0.15) is 24.4 Å². The van der Waals surface area contributed by atoms with Crippen molar-refractivity contribution in [3.63, 3.8) is 0 Å². The number of aliphatic hydroxyl groups excluding tert-OH is 6. The van der Waals surface area contributed by atoms with E-state index in [1.165, 1.54) is 70.6 Å². The largest absolute Gasteiger partial charge is 0.394 e. The Labute approximate surface area is 298 Å². The van der Waals surface area contributed by atoms with Crippen molar-refractivity contribution in [3.05, 3.63) is 0 Å². The molecule has 2 unspecified atom stereocenters. The van der Waals surface area contributed by atoms with Crippen LogP contribution in [0.25, 0.3) is 0 Å². The maximum Gasteiger partial charge on any atom is 0.220 e. The van der Waals surface area contributed by atoms with Crippen molar-refractivity contribution in [1.82, 2.24) is 5.32 Å². The van der Waals surface area contributed by atoms with E-state index < -0.39 is 55.4 Å². The minimum absolute atomic E-state index is 0.150. The van der Waals surface area contributed by atoms with Crippen molar-refractivity contribution in [3.8, 4) is 0 Å². The van der Waals surface area contributed by atoms with Crippen molar-refractivity contribution >= 4 is 5.91 Å². The molecule has 49 heavy (non-hydrogen) atoms. The SMILES string of the molecule is CCCCCCCCCCCCCC[C@@H](O)[C@@H](O)[C@H](CC[C@H]1OC(CO)[C@H](O)C(O)[C@@H]1O)NC(=O)CCCCCCCCOCCCCC. The van der Waals surface area contributed by atoms with Gasteiger partial charge in [-0.3, -0.25) is 4.79 Å². The number of nitrogens with one attached hydrogen (secondary N) is 1. The maximum atomic E-state index is 12.9. The van der Waals surface area contributed by atoms with Crippen molar-refractivity contribution in [2.75, 3.05) is 19.8 Å². The maximum absolute atomic E-state index is 12.9. The Morgan fingerprint density at radius 2 is 1.10 bits per heavy atom. The predicted octanol–water partition coefficient (Wildman–Crippen LogP) is 5.84. The number of ether oxygens (including phenoxy) is 2. The van der Waals surface area contributed by atoms with Gasteiger partial charge in [0.2, 0.25) is 5.91 Å². The summed E-state index contributed by atoms with van der Waals surface area (Å²) in [5, 5.41) is 65.3. The molecule has 0 aromatic rings. The average Bonchev–Trinajstić information content (AvgIpc) is 3.10. The van der Waals surface area contributed by atoms with E-state index in [2.05, 4.69) is 19.2 Å². The Kier molecular flexibility index (Phi) is 29.0. The lowest BCUT2D eigenvalue weighted by Crippen LogP contribution is -2.59. The van der Waals surface area contributed by atoms with Gasteiger partial charge in [-0.15, -0.1) is 0 Å². The van der Waals surface area contributed by atoms with E-state index in [1.807, 2.05) is 0 Å². The Hall–Kier alpha value is -0.850. The van der Waals surface area contributed by atoms with E-state index in [4.69, 9.17) is 9.47 Å². The number of aliphatic hydroxyl groups is 6. The summed E-state index contributed by atoms with van der Waals surface area (Å²) in [4.78, 5) is 12.9. The fourth-order valence-corrected chi connectivity index (χ4v) is 6.75. The molecule has 1 heterocycles. The molecular weight excluding hydrogens is 626 g/mol. The number of carbonyl (C=O) groups is 1. The molecule has 10 heteroatoms. The Balaban J connectivity index is 2.47. The Morgan fingerprint density at radius 1 is 0.633 bits per heavy atom. The molecule has 0 radical (unpaired) electrons. The van der Waals surface area contributed by atoms with E-state index in [0.717, 1.165) is 77.4 Å². The highest BCUT2D eigenvalue weighted by molar-refractivity contribution is 5.76. The first kappa shape index (κ1) is 46.2. The van der Waals surface area contributed by atoms with Gasteiger partial charge in [-0.25, -0.2) is 0 Å². The third kappa shape index (κ3) is 22.0. The van der Waals surface area contributed by atoms with Crippen LogP contribution in [0.4, 0.5) is 0 Å². The third-order valence-corrected chi connectivity index (χ3v) is 10.1. The molecule has 1 saturated heterocycles. The number of hydrogen-bond donors (Lipinski definition) is 7. The van der Waals surface area contributed by atoms with Crippen molar-refractivity contribution in [2.45, 2.75) is 223 Å². The average molecular weight is 704 g/mol. The van der Waals surface area contributed by atoms with Crippen LogP contribution in [0, 0.1) is 0 Å². The summed E-state index contributed by atoms with van der Waals surface area (Å²) in [6.45, 7) is 5.56. The van der Waals surface area contributed by atoms with Gasteiger partial charge in [-0.1, -0.05) is 129 Å². The first-order chi connectivity index (χ1) is 23.8. The first-order valence-electron chi connectivity index (χ1n) is 20.3. The lowest BCUT2D eigenvalue weighted by atomic mass is 9.90. The molecular formula is C39H77NO9. The van der Waals surface area contributed by atoms with Crippen LogP contribution in [-0.4, -0.2) is 105 Å². The standard InChI is InChI=1S/C39H77NO9/c1-3-5-7-8-9-10-11-12-13-14-17-20-24-32(42)36(44)31(26-27-33-37(45)39(47)38(46)34(30-41)49-33)40-35(43)25-21-18-15-16-19-23-29-48-28-22-6-4-2/h31-34,36-39,41-42,44-47H,3-30H2,1-2H3,(H,40,43)/t31-,32+,33+,34?,36-,37+,38-,39?/m0/s1. The monoisotopic (exact) mass is 704 g/mol. The van der Waals surface area contributed by atoms with Gasteiger partial charge < -0.3 is 45.4 Å². The smallest absolute Gasteiger partial charge is 0.220 e. The van der Waals surface area contributed by atoms with Crippen LogP contribution in [0.15, 0.2) is 0 Å². The van der Waals surface area contributed by atoms with Crippen LogP contribution < -0.4 is 5.32 Å². The minimum Gasteiger partial charge on any atom is -0.394 e. The minimum atomic E-state index is -1.48. The molecule has 1 aliphatic heterocycles. The number of hydrogen-bond acceptors (Lipinski definition) is 9. The predicted molar refractivity (Wildman–Crippen MR) is 195 cm³/mol. The van der Waals surface area contributed by atoms with Gasteiger partial charge >= 0.3 is 0 Å². The molecule has 1 fully saturated rings. The number of carbonyl (C=O) groups excluding carboxylic acids is 1. The summed E-state index contributed by atoms with van der Waals surface area (Å²) >= 11 is 0. The molecule has 0 aromatic carbocycles. The van der Waals surface area contributed by atoms with Crippen LogP contribution in [0.3, 0.4) is 0 Å². The van der Waals surface area contributed by atoms with Gasteiger partial charge in [0.25, 0.3) is 0 Å². The van der Waals surface area contributed by atoms with Crippen LogP contribution in [0.5, 0.6) is 0 Å². The normalized spacial score (nSPS) is 23.0. The first-order valence-corrected chi connectivity index (χ1v) is 20.3. The Morgan fingerprint density at radius 3 is 1.67 bits per heavy atom. The van der Waals surface area contributed by atoms with E-state index in [0.29, 0.717) is 12.8 Å². The summed E-state index contributed by atoms with van der Waals surface area (Å²) in [5.74, 6) is -0.198. The summed E-state index contributed by atoms with van der Waals surface area (Å²) < 4.78 is 11.3. The number of rotatable bonds is 33. The molecule has 0 bridgehead atoms. The van der Waals surface area contributed by atoms with E-state index in [1.54, 1.807) is 0 Å². The molecule has 1 amide bonds. The summed E-state index contributed by atoms with van der Waals surface area (Å²) in [6, 6.07) is -0.774. The zero-order valence-corrected chi connectivity index (χ0v) is 31.3. The van der Waals surface area contributed by atoms with Gasteiger partial charge in [0.05, 0.1) is 31.0 Å². The topological polar surface area (TPSA) is 169 Å². The van der Waals surface area contributed by atoms with E-state index in [9.17, 15) is 35.4 Å². The molecule has 292 valence electrons. The lowest BCUT2D eigenvalue weighted by molar-refractivity contribution is -0.231. The van der Waals surface area contributed by atoms with Gasteiger partial charge in [0, 0.05) is 19.6 Å². The zero-order chi connectivity index (χ0) is 36.1. The highest BCUT2D eigenvalue weighted by Crippen LogP contribution is 2.26. The lowest BCUT2D eigenvalue weighted by Gasteiger charge is -2.40. The molecule has 0 aliphatic carbocycles. The second-order valence-corrected chi connectivity index (χ2v) is 14.5. The Bertz CT molecular complexity index is 758. The molecule has 0 saturated carbocycles. The van der Waals surface area contributed by atoms with Crippen molar-refractivity contribution in [1.29, 1.82) is 0 Å². The quantitative estimate of drug-likeness (QED) is 0.0415. The third-order valence-electron chi connectivity index (χ3n) is 10.1.